The lowest BCUT2D eigenvalue weighted by molar-refractivity contribution is 0.323. The highest BCUT2D eigenvalue weighted by Gasteiger charge is 2.30. The van der Waals surface area contributed by atoms with Crippen LogP contribution in [0.1, 0.15) is 51.6 Å². The van der Waals surface area contributed by atoms with Crippen molar-refractivity contribution in [1.29, 1.82) is 5.26 Å². The topological polar surface area (TPSA) is 87.8 Å². The molecule has 30 heavy (non-hydrogen) atoms. The van der Waals surface area contributed by atoms with Crippen LogP contribution in [0.4, 0.5) is 5.69 Å². The minimum atomic E-state index is -3.52. The Morgan fingerprint density at radius 3 is 2.43 bits per heavy atom. The number of nitriles is 1. The Labute approximate surface area is 181 Å². The third-order valence-electron chi connectivity index (χ3n) is 5.58. The maximum atomic E-state index is 12.4. The summed E-state index contributed by atoms with van der Waals surface area (Å²) in [4.78, 5) is 4.52. The minimum Gasteiger partial charge on any atom is -0.321 e. The second-order valence-corrected chi connectivity index (χ2v) is 11.5. The molecule has 0 radical (unpaired) electrons. The molecule has 8 heteroatoms. The van der Waals surface area contributed by atoms with Crippen LogP contribution in [-0.4, -0.2) is 22.7 Å². The van der Waals surface area contributed by atoms with Gasteiger partial charge in [-0.1, -0.05) is 23.7 Å². The molecule has 2 heterocycles. The summed E-state index contributed by atoms with van der Waals surface area (Å²) in [5, 5.41) is 11.2. The van der Waals surface area contributed by atoms with E-state index in [1.165, 1.54) is 0 Å². The zero-order valence-corrected chi connectivity index (χ0v) is 18.7. The van der Waals surface area contributed by atoms with E-state index in [1.807, 2.05) is 12.1 Å². The molecule has 1 saturated carbocycles. The molecule has 0 saturated heterocycles. The van der Waals surface area contributed by atoms with Crippen molar-refractivity contribution in [2.24, 2.45) is 0 Å². The maximum absolute atomic E-state index is 12.4. The van der Waals surface area contributed by atoms with Gasteiger partial charge in [0.05, 0.1) is 21.0 Å². The molecule has 1 aliphatic carbocycles. The SMILES string of the molecule is CC(C)(C)S(=O)(=O)Nc1ccc(-c2c(C#N)c3cc(Cl)cnc3n2C2CCC2)cc1. The zero-order valence-electron chi connectivity index (χ0n) is 17.1. The van der Waals surface area contributed by atoms with Crippen molar-refractivity contribution in [3.05, 3.63) is 47.1 Å². The van der Waals surface area contributed by atoms with E-state index in [2.05, 4.69) is 20.3 Å². The Morgan fingerprint density at radius 2 is 1.90 bits per heavy atom. The number of fused-ring (bicyclic) bond motifs is 1. The first-order chi connectivity index (χ1) is 14.1. The summed E-state index contributed by atoms with van der Waals surface area (Å²) in [6.45, 7) is 4.95. The van der Waals surface area contributed by atoms with E-state index >= 15 is 0 Å². The molecule has 0 aliphatic heterocycles. The molecule has 1 N–H and O–H groups in total. The first kappa shape index (κ1) is 20.7. The van der Waals surface area contributed by atoms with Crippen LogP contribution < -0.4 is 4.72 Å². The van der Waals surface area contributed by atoms with Crippen molar-refractivity contribution in [3.63, 3.8) is 0 Å². The predicted molar refractivity (Wildman–Crippen MR) is 120 cm³/mol. The smallest absolute Gasteiger partial charge is 0.237 e. The van der Waals surface area contributed by atoms with E-state index in [0.29, 0.717) is 16.3 Å². The number of nitrogens with one attached hydrogen (secondary N) is 1. The van der Waals surface area contributed by atoms with Crippen LogP contribution in [0.15, 0.2) is 36.5 Å². The van der Waals surface area contributed by atoms with Gasteiger partial charge in [0.2, 0.25) is 10.0 Å². The quantitative estimate of drug-likeness (QED) is 0.578. The molecule has 1 aromatic carbocycles. The largest absolute Gasteiger partial charge is 0.321 e. The number of nitrogens with zero attached hydrogens (tertiary/aromatic N) is 3. The molecule has 4 rings (SSSR count). The molecule has 0 unspecified atom stereocenters. The Balaban J connectivity index is 1.83. The number of halogens is 1. The number of hydrogen-bond donors (Lipinski definition) is 1. The monoisotopic (exact) mass is 442 g/mol. The van der Waals surface area contributed by atoms with Crippen molar-refractivity contribution in [1.82, 2.24) is 9.55 Å². The van der Waals surface area contributed by atoms with Gasteiger partial charge in [-0.15, -0.1) is 0 Å². The van der Waals surface area contributed by atoms with Crippen molar-refractivity contribution < 1.29 is 8.42 Å². The number of rotatable bonds is 4. The van der Waals surface area contributed by atoms with Gasteiger partial charge in [-0.25, -0.2) is 13.4 Å². The van der Waals surface area contributed by atoms with Crippen LogP contribution in [0.3, 0.4) is 0 Å². The fourth-order valence-electron chi connectivity index (χ4n) is 3.56. The lowest BCUT2D eigenvalue weighted by Crippen LogP contribution is -2.33. The third-order valence-corrected chi connectivity index (χ3v) is 7.90. The number of hydrogen-bond acceptors (Lipinski definition) is 4. The Morgan fingerprint density at radius 1 is 1.23 bits per heavy atom. The van der Waals surface area contributed by atoms with Gasteiger partial charge in [0, 0.05) is 23.3 Å². The van der Waals surface area contributed by atoms with Crippen molar-refractivity contribution in [3.8, 4) is 17.3 Å². The second-order valence-electron chi connectivity index (χ2n) is 8.61. The maximum Gasteiger partial charge on any atom is 0.237 e. The van der Waals surface area contributed by atoms with Gasteiger partial charge in [0.15, 0.2) is 0 Å². The molecule has 0 bridgehead atoms. The molecular formula is C22H23ClN4O2S. The highest BCUT2D eigenvalue weighted by Crippen LogP contribution is 2.42. The molecule has 0 spiro atoms. The minimum absolute atomic E-state index is 0.289. The normalized spacial score (nSPS) is 15.0. The number of anilines is 1. The lowest BCUT2D eigenvalue weighted by Gasteiger charge is -2.29. The van der Waals surface area contributed by atoms with Gasteiger partial charge in [-0.2, -0.15) is 5.26 Å². The average Bonchev–Trinajstić information content (AvgIpc) is 2.93. The Hall–Kier alpha value is -2.56. The van der Waals surface area contributed by atoms with Crippen molar-refractivity contribution in [2.75, 3.05) is 4.72 Å². The van der Waals surface area contributed by atoms with Gasteiger partial charge >= 0.3 is 0 Å². The van der Waals surface area contributed by atoms with E-state index in [0.717, 1.165) is 41.6 Å². The number of benzene rings is 1. The summed E-state index contributed by atoms with van der Waals surface area (Å²) >= 11 is 6.16. The highest BCUT2D eigenvalue weighted by atomic mass is 35.5. The van der Waals surface area contributed by atoms with Crippen molar-refractivity contribution in [2.45, 2.75) is 50.8 Å². The molecule has 2 aromatic heterocycles. The van der Waals surface area contributed by atoms with E-state index in [9.17, 15) is 13.7 Å². The van der Waals surface area contributed by atoms with Crippen LogP contribution in [-0.2, 0) is 10.0 Å². The summed E-state index contributed by atoms with van der Waals surface area (Å²) in [5.41, 5.74) is 3.42. The van der Waals surface area contributed by atoms with E-state index < -0.39 is 14.8 Å². The van der Waals surface area contributed by atoms with E-state index in [4.69, 9.17) is 11.6 Å². The van der Waals surface area contributed by atoms with Crippen LogP contribution in [0.5, 0.6) is 0 Å². The van der Waals surface area contributed by atoms with Crippen LogP contribution in [0.2, 0.25) is 5.02 Å². The van der Waals surface area contributed by atoms with Crippen LogP contribution in [0, 0.1) is 11.3 Å². The fraction of sp³-hybridized carbons (Fsp3) is 0.364. The Bertz CT molecular complexity index is 1260. The number of pyridine rings is 1. The summed E-state index contributed by atoms with van der Waals surface area (Å²) in [6.07, 6.45) is 4.83. The standard InChI is InChI=1S/C22H23ClN4O2S/c1-22(2,3)30(28,29)26-16-9-7-14(8-10-16)20-19(12-24)18-11-15(23)13-25-21(18)27(20)17-5-4-6-17/h7-11,13,17,26H,4-6H2,1-3H3. The molecule has 3 aromatic rings. The predicted octanol–water partition coefficient (Wildman–Crippen LogP) is 5.49. The van der Waals surface area contributed by atoms with Crippen LogP contribution >= 0.6 is 11.6 Å². The molecule has 1 fully saturated rings. The Kier molecular flexibility index (Phi) is 5.03. The molecule has 0 amide bonds. The van der Waals surface area contributed by atoms with E-state index in [1.54, 1.807) is 45.2 Å². The first-order valence-electron chi connectivity index (χ1n) is 9.85. The highest BCUT2D eigenvalue weighted by molar-refractivity contribution is 7.94. The molecule has 1 aliphatic rings. The summed E-state index contributed by atoms with van der Waals surface area (Å²) in [5.74, 6) is 0. The first-order valence-corrected chi connectivity index (χ1v) is 11.7. The molecule has 0 atom stereocenters. The van der Waals surface area contributed by atoms with Gasteiger partial charge in [-0.3, -0.25) is 4.72 Å². The molecule has 6 nitrogen and oxygen atoms in total. The second kappa shape index (κ2) is 7.29. The summed E-state index contributed by atoms with van der Waals surface area (Å²) in [7, 11) is -3.52. The molecular weight excluding hydrogens is 420 g/mol. The van der Waals surface area contributed by atoms with Crippen LogP contribution in [0.25, 0.3) is 22.3 Å². The third kappa shape index (κ3) is 3.44. The average molecular weight is 443 g/mol. The summed E-state index contributed by atoms with van der Waals surface area (Å²) in [6, 6.07) is 11.5. The number of sulfonamides is 1. The zero-order chi connectivity index (χ0) is 21.7. The van der Waals surface area contributed by atoms with Gasteiger partial charge in [0.1, 0.15) is 11.7 Å². The van der Waals surface area contributed by atoms with Gasteiger partial charge in [-0.05, 0) is 63.8 Å². The van der Waals surface area contributed by atoms with Gasteiger partial charge < -0.3 is 4.57 Å². The lowest BCUT2D eigenvalue weighted by atomic mass is 9.92. The van der Waals surface area contributed by atoms with Gasteiger partial charge in [0.25, 0.3) is 0 Å². The van der Waals surface area contributed by atoms with Crippen molar-refractivity contribution >= 4 is 38.3 Å². The van der Waals surface area contributed by atoms with E-state index in [-0.39, 0.29) is 6.04 Å². The molecule has 156 valence electrons. The summed E-state index contributed by atoms with van der Waals surface area (Å²) < 4.78 is 28.7. The number of aromatic nitrogens is 2. The fourth-order valence-corrected chi connectivity index (χ4v) is 4.47.